The van der Waals surface area contributed by atoms with Crippen LogP contribution >= 0.6 is 0 Å². The molecule has 0 bridgehead atoms. The number of amides is 2. The van der Waals surface area contributed by atoms with Gasteiger partial charge in [-0.2, -0.15) is 0 Å². The highest BCUT2D eigenvalue weighted by Crippen LogP contribution is 2.13. The highest BCUT2D eigenvalue weighted by molar-refractivity contribution is 6.03. The third-order valence-corrected chi connectivity index (χ3v) is 3.47. The molecular formula is C20H22N2O3. The van der Waals surface area contributed by atoms with Crippen LogP contribution in [0.2, 0.25) is 0 Å². The number of methoxy groups -OCH3 is 1. The van der Waals surface area contributed by atoms with Crippen LogP contribution in [0.3, 0.4) is 0 Å². The smallest absolute Gasteiger partial charge is 0.251 e. The van der Waals surface area contributed by atoms with E-state index in [1.165, 1.54) is 6.08 Å². The van der Waals surface area contributed by atoms with Crippen molar-refractivity contribution in [2.45, 2.75) is 13.3 Å². The first-order valence-corrected chi connectivity index (χ1v) is 8.13. The lowest BCUT2D eigenvalue weighted by molar-refractivity contribution is -0.111. The van der Waals surface area contributed by atoms with E-state index in [1.54, 1.807) is 37.5 Å². The van der Waals surface area contributed by atoms with E-state index in [2.05, 4.69) is 10.6 Å². The third kappa shape index (κ3) is 5.80. The van der Waals surface area contributed by atoms with E-state index in [0.717, 1.165) is 17.7 Å². The molecule has 0 aliphatic heterocycles. The summed E-state index contributed by atoms with van der Waals surface area (Å²) in [6.07, 6.45) is 4.04. The molecule has 2 rings (SSSR count). The predicted molar refractivity (Wildman–Crippen MR) is 99.7 cm³/mol. The van der Waals surface area contributed by atoms with E-state index in [4.69, 9.17) is 4.74 Å². The van der Waals surface area contributed by atoms with Crippen LogP contribution in [0.1, 0.15) is 29.3 Å². The Labute approximate surface area is 147 Å². The second-order valence-electron chi connectivity index (χ2n) is 5.43. The first-order valence-electron chi connectivity index (χ1n) is 8.13. The number of nitrogens with one attached hydrogen (secondary N) is 2. The van der Waals surface area contributed by atoms with Crippen LogP contribution in [0.25, 0.3) is 6.08 Å². The molecule has 5 nitrogen and oxygen atoms in total. The summed E-state index contributed by atoms with van der Waals surface area (Å²) < 4.78 is 5.09. The molecule has 0 aliphatic rings. The average molecular weight is 338 g/mol. The lowest BCUT2D eigenvalue weighted by atomic mass is 10.1. The van der Waals surface area contributed by atoms with Gasteiger partial charge in [0.15, 0.2) is 0 Å². The molecule has 2 aromatic carbocycles. The number of benzene rings is 2. The molecule has 0 aromatic heterocycles. The third-order valence-electron chi connectivity index (χ3n) is 3.47. The highest BCUT2D eigenvalue weighted by Gasteiger charge is 2.06. The van der Waals surface area contributed by atoms with Gasteiger partial charge >= 0.3 is 0 Å². The summed E-state index contributed by atoms with van der Waals surface area (Å²) >= 11 is 0. The molecule has 0 unspecified atom stereocenters. The Morgan fingerprint density at radius 2 is 1.88 bits per heavy atom. The molecule has 0 radical (unpaired) electrons. The maximum absolute atomic E-state index is 12.0. The van der Waals surface area contributed by atoms with E-state index in [1.807, 2.05) is 31.2 Å². The molecular weight excluding hydrogens is 316 g/mol. The van der Waals surface area contributed by atoms with Gasteiger partial charge < -0.3 is 15.4 Å². The van der Waals surface area contributed by atoms with Crippen LogP contribution in [0.5, 0.6) is 5.75 Å². The molecule has 2 N–H and O–H groups in total. The zero-order chi connectivity index (χ0) is 18.1. The van der Waals surface area contributed by atoms with Crippen LogP contribution in [-0.4, -0.2) is 25.5 Å². The van der Waals surface area contributed by atoms with Crippen molar-refractivity contribution in [1.82, 2.24) is 5.32 Å². The first kappa shape index (κ1) is 18.3. The molecule has 2 amide bonds. The molecule has 0 spiro atoms. The van der Waals surface area contributed by atoms with Gasteiger partial charge in [-0.05, 0) is 48.4 Å². The Morgan fingerprint density at radius 3 is 2.56 bits per heavy atom. The van der Waals surface area contributed by atoms with E-state index >= 15 is 0 Å². The van der Waals surface area contributed by atoms with Crippen molar-refractivity contribution in [3.63, 3.8) is 0 Å². The van der Waals surface area contributed by atoms with E-state index in [-0.39, 0.29) is 11.8 Å². The van der Waals surface area contributed by atoms with Gasteiger partial charge in [0, 0.05) is 23.9 Å². The second-order valence-corrected chi connectivity index (χ2v) is 5.43. The van der Waals surface area contributed by atoms with Crippen molar-refractivity contribution in [3.8, 4) is 5.75 Å². The Kier molecular flexibility index (Phi) is 6.77. The second kappa shape index (κ2) is 9.27. The van der Waals surface area contributed by atoms with Gasteiger partial charge in [0.05, 0.1) is 7.11 Å². The Morgan fingerprint density at radius 1 is 1.12 bits per heavy atom. The lowest BCUT2D eigenvalue weighted by Crippen LogP contribution is -2.24. The minimum absolute atomic E-state index is 0.147. The Hall–Kier alpha value is -3.08. The molecule has 130 valence electrons. The summed E-state index contributed by atoms with van der Waals surface area (Å²) in [4.78, 5) is 24.0. The van der Waals surface area contributed by atoms with Crippen molar-refractivity contribution in [2.75, 3.05) is 19.0 Å². The van der Waals surface area contributed by atoms with E-state index in [9.17, 15) is 9.59 Å². The molecule has 0 heterocycles. The zero-order valence-electron chi connectivity index (χ0n) is 14.4. The Balaban J connectivity index is 1.97. The number of carbonyl (C=O) groups is 2. The maximum atomic E-state index is 12.0. The quantitative estimate of drug-likeness (QED) is 0.760. The monoisotopic (exact) mass is 338 g/mol. The molecule has 5 heteroatoms. The zero-order valence-corrected chi connectivity index (χ0v) is 14.4. The normalized spacial score (nSPS) is 10.5. The number of rotatable bonds is 7. The summed E-state index contributed by atoms with van der Waals surface area (Å²) in [5.74, 6) is 0.355. The van der Waals surface area contributed by atoms with Crippen molar-refractivity contribution >= 4 is 23.6 Å². The number of hydrogen-bond acceptors (Lipinski definition) is 3. The number of anilines is 1. The molecule has 0 saturated carbocycles. The predicted octanol–water partition coefficient (Wildman–Crippen LogP) is 3.49. The minimum atomic E-state index is -0.262. The van der Waals surface area contributed by atoms with Gasteiger partial charge in [-0.1, -0.05) is 25.1 Å². The van der Waals surface area contributed by atoms with Crippen LogP contribution < -0.4 is 15.4 Å². The molecule has 0 fully saturated rings. The summed E-state index contributed by atoms with van der Waals surface area (Å²) in [6, 6.07) is 14.2. The van der Waals surface area contributed by atoms with Crippen molar-refractivity contribution < 1.29 is 14.3 Å². The van der Waals surface area contributed by atoms with Gasteiger partial charge in [-0.15, -0.1) is 0 Å². The van der Waals surface area contributed by atoms with Gasteiger partial charge in [0.1, 0.15) is 5.75 Å². The van der Waals surface area contributed by atoms with Gasteiger partial charge in [0.2, 0.25) is 5.91 Å². The van der Waals surface area contributed by atoms with Crippen LogP contribution in [0.15, 0.2) is 54.6 Å². The topological polar surface area (TPSA) is 67.4 Å². The number of ether oxygens (including phenoxy) is 1. The fraction of sp³-hybridized carbons (Fsp3) is 0.200. The minimum Gasteiger partial charge on any atom is -0.497 e. The highest BCUT2D eigenvalue weighted by atomic mass is 16.5. The molecule has 0 atom stereocenters. The Bertz CT molecular complexity index is 752. The molecule has 2 aromatic rings. The van der Waals surface area contributed by atoms with Gasteiger partial charge in [-0.3, -0.25) is 9.59 Å². The number of carbonyl (C=O) groups excluding carboxylic acids is 2. The van der Waals surface area contributed by atoms with Crippen molar-refractivity contribution in [1.29, 1.82) is 0 Å². The standard InChI is InChI=1S/C20H22N2O3/c1-3-13-21-20(24)16-5-4-6-17(14-16)22-19(23)12-9-15-7-10-18(25-2)11-8-15/h4-12,14H,3,13H2,1-2H3,(H,21,24)(H,22,23)/b12-9+. The summed E-state index contributed by atoms with van der Waals surface area (Å²) in [6.45, 7) is 2.62. The van der Waals surface area contributed by atoms with Crippen LogP contribution in [0.4, 0.5) is 5.69 Å². The maximum Gasteiger partial charge on any atom is 0.251 e. The van der Waals surface area contributed by atoms with E-state index in [0.29, 0.717) is 17.8 Å². The fourth-order valence-electron chi connectivity index (χ4n) is 2.15. The van der Waals surface area contributed by atoms with Crippen LogP contribution in [-0.2, 0) is 4.79 Å². The van der Waals surface area contributed by atoms with Crippen molar-refractivity contribution in [3.05, 3.63) is 65.7 Å². The molecule has 0 saturated heterocycles. The van der Waals surface area contributed by atoms with Crippen molar-refractivity contribution in [2.24, 2.45) is 0 Å². The number of hydrogen-bond donors (Lipinski definition) is 2. The first-order chi connectivity index (χ1) is 12.1. The molecule has 0 aliphatic carbocycles. The van der Waals surface area contributed by atoms with E-state index < -0.39 is 0 Å². The summed E-state index contributed by atoms with van der Waals surface area (Å²) in [5.41, 5.74) is 1.99. The lowest BCUT2D eigenvalue weighted by Gasteiger charge is -2.06. The summed E-state index contributed by atoms with van der Waals surface area (Å²) in [7, 11) is 1.61. The van der Waals surface area contributed by atoms with Crippen LogP contribution in [0, 0.1) is 0 Å². The largest absolute Gasteiger partial charge is 0.497 e. The molecule has 25 heavy (non-hydrogen) atoms. The summed E-state index contributed by atoms with van der Waals surface area (Å²) in [5, 5.41) is 5.56. The van der Waals surface area contributed by atoms with Gasteiger partial charge in [0.25, 0.3) is 5.91 Å². The average Bonchev–Trinajstić information content (AvgIpc) is 2.65. The SMILES string of the molecule is CCCNC(=O)c1cccc(NC(=O)/C=C/c2ccc(OC)cc2)c1. The van der Waals surface area contributed by atoms with Gasteiger partial charge in [-0.25, -0.2) is 0 Å². The fourth-order valence-corrected chi connectivity index (χ4v) is 2.15.